The van der Waals surface area contributed by atoms with Gasteiger partial charge in [-0.15, -0.1) is 0 Å². The van der Waals surface area contributed by atoms with Gasteiger partial charge in [-0.05, 0) is 60.6 Å². The van der Waals surface area contributed by atoms with Crippen LogP contribution in [0.2, 0.25) is 5.02 Å². The maximum Gasteiger partial charge on any atom is 0.115 e. The van der Waals surface area contributed by atoms with E-state index in [1.165, 1.54) is 5.56 Å². The van der Waals surface area contributed by atoms with Gasteiger partial charge < -0.3 is 10.2 Å². The third-order valence-electron chi connectivity index (χ3n) is 5.07. The molecule has 0 spiro atoms. The van der Waals surface area contributed by atoms with Crippen LogP contribution in [0.15, 0.2) is 48.5 Å². The number of halogens is 1. The van der Waals surface area contributed by atoms with Crippen molar-refractivity contribution in [2.24, 2.45) is 0 Å². The molecule has 3 rings (SSSR count). The van der Waals surface area contributed by atoms with Gasteiger partial charge in [-0.1, -0.05) is 51.7 Å². The average molecular weight is 378 g/mol. The van der Waals surface area contributed by atoms with E-state index in [0.717, 1.165) is 31.2 Å². The fourth-order valence-electron chi connectivity index (χ4n) is 3.71. The fraction of sp³-hybridized carbons (Fsp3) is 0.400. The van der Waals surface area contributed by atoms with E-state index in [1.54, 1.807) is 6.07 Å². The maximum absolute atomic E-state index is 10.5. The molecule has 0 bridgehead atoms. The Bertz CT molecular complexity index is 712. The predicted octanol–water partition coefficient (Wildman–Crippen LogP) is 4.90. The molecule has 3 nitrogen and oxygen atoms in total. The number of phenols is 1. The third kappa shape index (κ3) is 4.95. The molecule has 2 aromatic carbocycles. The molecule has 25 heavy (non-hydrogen) atoms. The second-order valence-corrected chi connectivity index (χ2v) is 7.98. The molecule has 0 aromatic heterocycles. The molecule has 0 aliphatic heterocycles. The van der Waals surface area contributed by atoms with Crippen molar-refractivity contribution in [1.29, 1.82) is 0 Å². The highest BCUT2D eigenvalue weighted by Crippen LogP contribution is 2.37. The summed E-state index contributed by atoms with van der Waals surface area (Å²) >= 11 is 6.02. The zero-order valence-electron chi connectivity index (χ0n) is 14.2. The van der Waals surface area contributed by atoms with Crippen LogP contribution in [0.5, 0.6) is 5.75 Å². The largest absolute Gasteiger partial charge is 0.508 e. The van der Waals surface area contributed by atoms with Crippen molar-refractivity contribution in [3.05, 3.63) is 64.7 Å². The van der Waals surface area contributed by atoms with E-state index >= 15 is 0 Å². The summed E-state index contributed by atoms with van der Waals surface area (Å²) in [5, 5.41) is 20.9. The second-order valence-electron chi connectivity index (χ2n) is 6.88. The lowest BCUT2D eigenvalue weighted by molar-refractivity contribution is 0.126. The molecule has 134 valence electrons. The minimum atomic E-state index is -0.558. The number of aromatic hydroxyl groups is 1. The first-order chi connectivity index (χ1) is 12.0. The summed E-state index contributed by atoms with van der Waals surface area (Å²) in [5.74, 6) is 0.788. The van der Waals surface area contributed by atoms with Crippen molar-refractivity contribution in [1.82, 2.24) is 4.67 Å². The summed E-state index contributed by atoms with van der Waals surface area (Å²) in [4.78, 5) is 0. The molecule has 1 saturated carbocycles. The van der Waals surface area contributed by atoms with Crippen molar-refractivity contribution in [2.75, 3.05) is 6.54 Å². The number of benzene rings is 2. The fourth-order valence-corrected chi connectivity index (χ4v) is 4.38. The molecule has 1 aliphatic rings. The van der Waals surface area contributed by atoms with Gasteiger partial charge in [0.05, 0.1) is 6.10 Å². The Morgan fingerprint density at radius 2 is 1.96 bits per heavy atom. The Morgan fingerprint density at radius 3 is 2.72 bits per heavy atom. The zero-order valence-corrected chi connectivity index (χ0v) is 16.1. The van der Waals surface area contributed by atoms with Crippen molar-refractivity contribution < 1.29 is 10.2 Å². The lowest BCUT2D eigenvalue weighted by atomic mass is 9.81. The van der Waals surface area contributed by atoms with Crippen LogP contribution in [0.3, 0.4) is 0 Å². The van der Waals surface area contributed by atoms with Gasteiger partial charge in [-0.3, -0.25) is 4.67 Å². The molecule has 0 heterocycles. The lowest BCUT2D eigenvalue weighted by Gasteiger charge is -2.36. The summed E-state index contributed by atoms with van der Waals surface area (Å²) in [6, 6.07) is 15.4. The Hall–Kier alpha value is -1.12. The SMILES string of the molecule is Oc1cccc(C2CCCC(N(P)CC(O)c3cccc(Cl)c3)C2)c1. The van der Waals surface area contributed by atoms with E-state index in [-0.39, 0.29) is 0 Å². The van der Waals surface area contributed by atoms with Gasteiger partial charge in [0.1, 0.15) is 5.75 Å². The quantitative estimate of drug-likeness (QED) is 0.728. The molecule has 0 saturated heterocycles. The number of nitrogens with zero attached hydrogens (tertiary/aromatic N) is 1. The van der Waals surface area contributed by atoms with Gasteiger partial charge in [0.15, 0.2) is 0 Å². The van der Waals surface area contributed by atoms with Gasteiger partial charge in [0.2, 0.25) is 0 Å². The monoisotopic (exact) mass is 377 g/mol. The molecule has 2 N–H and O–H groups in total. The molecule has 2 aromatic rings. The van der Waals surface area contributed by atoms with Crippen LogP contribution < -0.4 is 0 Å². The minimum Gasteiger partial charge on any atom is -0.508 e. The zero-order chi connectivity index (χ0) is 17.8. The number of phenolic OH excluding ortho intramolecular Hbond substituents is 1. The van der Waals surface area contributed by atoms with Crippen LogP contribution in [0.4, 0.5) is 0 Å². The van der Waals surface area contributed by atoms with Gasteiger partial charge in [-0.25, -0.2) is 0 Å². The molecule has 4 unspecified atom stereocenters. The molecular formula is C20H25ClNO2P. The Balaban J connectivity index is 1.62. The molecular weight excluding hydrogens is 353 g/mol. The average Bonchev–Trinajstić information content (AvgIpc) is 2.62. The molecule has 0 amide bonds. The van der Waals surface area contributed by atoms with Gasteiger partial charge in [0, 0.05) is 17.6 Å². The Kier molecular flexibility index (Phi) is 6.35. The topological polar surface area (TPSA) is 43.7 Å². The van der Waals surface area contributed by atoms with Crippen molar-refractivity contribution in [3.8, 4) is 5.75 Å². The molecule has 1 fully saturated rings. The first-order valence-electron chi connectivity index (χ1n) is 8.76. The van der Waals surface area contributed by atoms with Gasteiger partial charge in [-0.2, -0.15) is 0 Å². The Labute approximate surface area is 156 Å². The highest BCUT2D eigenvalue weighted by molar-refractivity contribution is 7.13. The number of aliphatic hydroxyl groups excluding tert-OH is 1. The highest BCUT2D eigenvalue weighted by Gasteiger charge is 2.27. The van der Waals surface area contributed by atoms with Crippen LogP contribution in [0.1, 0.15) is 48.8 Å². The minimum absolute atomic E-state index is 0.332. The first-order valence-corrected chi connectivity index (χ1v) is 9.66. The molecule has 1 aliphatic carbocycles. The summed E-state index contributed by atoms with van der Waals surface area (Å²) in [6.45, 7) is 0.558. The van der Waals surface area contributed by atoms with E-state index in [0.29, 0.717) is 29.3 Å². The van der Waals surface area contributed by atoms with Gasteiger partial charge >= 0.3 is 0 Å². The second kappa shape index (κ2) is 8.51. The number of hydrogen-bond acceptors (Lipinski definition) is 3. The van der Waals surface area contributed by atoms with E-state index in [4.69, 9.17) is 11.6 Å². The number of rotatable bonds is 5. The molecule has 4 atom stereocenters. The van der Waals surface area contributed by atoms with E-state index in [9.17, 15) is 10.2 Å². The van der Waals surface area contributed by atoms with Crippen LogP contribution in [0, 0.1) is 0 Å². The third-order valence-corrected chi connectivity index (χ3v) is 5.94. The maximum atomic E-state index is 10.5. The van der Waals surface area contributed by atoms with E-state index in [1.807, 2.05) is 36.4 Å². The number of hydrogen-bond donors (Lipinski definition) is 2. The van der Waals surface area contributed by atoms with Gasteiger partial charge in [0.25, 0.3) is 0 Å². The van der Waals surface area contributed by atoms with Crippen molar-refractivity contribution in [2.45, 2.75) is 43.7 Å². The summed E-state index contributed by atoms with van der Waals surface area (Å²) in [6.07, 6.45) is 3.91. The van der Waals surface area contributed by atoms with E-state index < -0.39 is 6.10 Å². The predicted molar refractivity (Wildman–Crippen MR) is 106 cm³/mol. The number of aliphatic hydroxyl groups is 1. The van der Waals surface area contributed by atoms with Crippen molar-refractivity contribution in [3.63, 3.8) is 0 Å². The van der Waals surface area contributed by atoms with Crippen LogP contribution in [0.25, 0.3) is 0 Å². The summed E-state index contributed by atoms with van der Waals surface area (Å²) in [7, 11) is 2.79. The molecule has 5 heteroatoms. The van der Waals surface area contributed by atoms with Crippen molar-refractivity contribution >= 4 is 21.0 Å². The van der Waals surface area contributed by atoms with E-state index in [2.05, 4.69) is 20.1 Å². The summed E-state index contributed by atoms with van der Waals surface area (Å²) < 4.78 is 2.18. The highest BCUT2D eigenvalue weighted by atomic mass is 35.5. The van der Waals surface area contributed by atoms with Crippen LogP contribution in [-0.2, 0) is 0 Å². The summed E-state index contributed by atoms with van der Waals surface area (Å²) in [5.41, 5.74) is 2.05. The normalized spacial score (nSPS) is 22.1. The molecule has 0 radical (unpaired) electrons. The smallest absolute Gasteiger partial charge is 0.115 e. The Morgan fingerprint density at radius 1 is 1.16 bits per heavy atom. The van der Waals surface area contributed by atoms with Crippen LogP contribution in [-0.4, -0.2) is 27.5 Å². The lowest BCUT2D eigenvalue weighted by Crippen LogP contribution is -2.34. The standard InChI is InChI=1S/C20H25ClNO2P/c21-17-7-1-6-16(10-17)20(24)13-22(25)18-8-2-4-14(11-18)15-5-3-9-19(23)12-15/h1,3,5-7,9-10,12,14,18,20,23-24H,2,4,8,11,13,25H2. The van der Waals surface area contributed by atoms with Crippen LogP contribution >= 0.6 is 21.0 Å². The first kappa shape index (κ1) is 18.7.